The van der Waals surface area contributed by atoms with Gasteiger partial charge in [0.05, 0.1) is 12.8 Å². The Morgan fingerprint density at radius 1 is 1.21 bits per heavy atom. The third-order valence-corrected chi connectivity index (χ3v) is 3.86. The van der Waals surface area contributed by atoms with Gasteiger partial charge in [-0.15, -0.1) is 0 Å². The Morgan fingerprint density at radius 2 is 2.00 bits per heavy atom. The normalized spacial score (nSPS) is 16.6. The maximum Gasteiger partial charge on any atom is 0.145 e. The first-order valence-corrected chi connectivity index (χ1v) is 7.67. The minimum Gasteiger partial charge on any atom is -0.497 e. The van der Waals surface area contributed by atoms with E-state index >= 15 is 0 Å². The molecule has 1 aliphatic heterocycles. The van der Waals surface area contributed by atoms with Crippen LogP contribution in [0.1, 0.15) is 17.5 Å². The average Bonchev–Trinajstić information content (AvgIpc) is 3.06. The van der Waals surface area contributed by atoms with Gasteiger partial charge in [-0.05, 0) is 35.9 Å². The van der Waals surface area contributed by atoms with E-state index in [-0.39, 0.29) is 6.10 Å². The highest BCUT2D eigenvalue weighted by Crippen LogP contribution is 2.19. The maximum absolute atomic E-state index is 13.6. The molecular weight excluding hydrogens is 314 g/mol. The Balaban J connectivity index is 1.48. The summed E-state index contributed by atoms with van der Waals surface area (Å²) >= 11 is 0. The number of oxime groups is 1. The number of hydrogen-bond acceptors (Lipinski definition) is 4. The first-order valence-electron chi connectivity index (χ1n) is 7.67. The van der Waals surface area contributed by atoms with E-state index < -0.39 is 11.6 Å². The molecule has 4 nitrogen and oxygen atoms in total. The van der Waals surface area contributed by atoms with Crippen molar-refractivity contribution in [2.75, 3.05) is 13.7 Å². The second-order valence-corrected chi connectivity index (χ2v) is 5.56. The van der Waals surface area contributed by atoms with Crippen molar-refractivity contribution in [2.45, 2.75) is 19.1 Å². The van der Waals surface area contributed by atoms with E-state index in [0.717, 1.165) is 23.1 Å². The SMILES string of the molecule is COc1ccc(C2=NOC(CNCc3ccc(F)cc3F)C2)cc1. The summed E-state index contributed by atoms with van der Waals surface area (Å²) in [6.45, 7) is 0.837. The van der Waals surface area contributed by atoms with Crippen molar-refractivity contribution >= 4 is 5.71 Å². The van der Waals surface area contributed by atoms with Crippen LogP contribution >= 0.6 is 0 Å². The molecule has 126 valence electrons. The van der Waals surface area contributed by atoms with Gasteiger partial charge in [0.25, 0.3) is 0 Å². The summed E-state index contributed by atoms with van der Waals surface area (Å²) in [6.07, 6.45) is 0.566. The highest BCUT2D eigenvalue weighted by atomic mass is 19.1. The topological polar surface area (TPSA) is 42.9 Å². The highest BCUT2D eigenvalue weighted by Gasteiger charge is 2.21. The molecule has 0 amide bonds. The predicted molar refractivity (Wildman–Crippen MR) is 87.1 cm³/mol. The van der Waals surface area contributed by atoms with Crippen LogP contribution in [0.2, 0.25) is 0 Å². The van der Waals surface area contributed by atoms with Crippen LogP contribution in [0, 0.1) is 11.6 Å². The molecule has 0 fully saturated rings. The monoisotopic (exact) mass is 332 g/mol. The van der Waals surface area contributed by atoms with E-state index in [1.54, 1.807) is 7.11 Å². The highest BCUT2D eigenvalue weighted by molar-refractivity contribution is 6.01. The van der Waals surface area contributed by atoms with Gasteiger partial charge in [-0.3, -0.25) is 0 Å². The molecule has 0 aromatic heterocycles. The van der Waals surface area contributed by atoms with Crippen molar-refractivity contribution < 1.29 is 18.4 Å². The number of methoxy groups -OCH3 is 1. The molecule has 2 aromatic carbocycles. The molecule has 0 saturated heterocycles. The average molecular weight is 332 g/mol. The third kappa shape index (κ3) is 3.89. The van der Waals surface area contributed by atoms with Gasteiger partial charge in [0, 0.05) is 31.1 Å². The molecule has 0 aliphatic carbocycles. The van der Waals surface area contributed by atoms with Crippen LogP contribution in [0.15, 0.2) is 47.6 Å². The Labute approximate surface area is 139 Å². The molecule has 24 heavy (non-hydrogen) atoms. The van der Waals surface area contributed by atoms with E-state index in [0.29, 0.717) is 25.1 Å². The Morgan fingerprint density at radius 3 is 2.71 bits per heavy atom. The molecule has 1 aliphatic rings. The molecule has 3 rings (SSSR count). The first kappa shape index (κ1) is 16.4. The molecule has 0 saturated carbocycles. The second-order valence-electron chi connectivity index (χ2n) is 5.56. The summed E-state index contributed by atoms with van der Waals surface area (Å²) in [5.41, 5.74) is 2.28. The van der Waals surface area contributed by atoms with Gasteiger partial charge in [0.2, 0.25) is 0 Å². The number of hydrogen-bond donors (Lipinski definition) is 1. The summed E-state index contributed by atoms with van der Waals surface area (Å²) in [5, 5.41) is 7.22. The molecule has 1 unspecified atom stereocenters. The summed E-state index contributed by atoms with van der Waals surface area (Å²) < 4.78 is 31.5. The molecule has 1 N–H and O–H groups in total. The summed E-state index contributed by atoms with van der Waals surface area (Å²) in [5.74, 6) is -0.337. The third-order valence-electron chi connectivity index (χ3n) is 3.86. The predicted octanol–water partition coefficient (Wildman–Crippen LogP) is 3.26. The van der Waals surface area contributed by atoms with E-state index in [1.807, 2.05) is 24.3 Å². The van der Waals surface area contributed by atoms with E-state index in [4.69, 9.17) is 9.57 Å². The van der Waals surface area contributed by atoms with Gasteiger partial charge in [-0.25, -0.2) is 8.78 Å². The van der Waals surface area contributed by atoms with Crippen LogP contribution < -0.4 is 10.1 Å². The van der Waals surface area contributed by atoms with Crippen LogP contribution in [0.25, 0.3) is 0 Å². The van der Waals surface area contributed by atoms with E-state index in [1.165, 1.54) is 12.1 Å². The van der Waals surface area contributed by atoms with Gasteiger partial charge in [0.15, 0.2) is 0 Å². The minimum absolute atomic E-state index is 0.106. The fourth-order valence-corrected chi connectivity index (χ4v) is 2.52. The van der Waals surface area contributed by atoms with Crippen molar-refractivity contribution in [1.82, 2.24) is 5.32 Å². The molecule has 0 spiro atoms. The van der Waals surface area contributed by atoms with Crippen LogP contribution in [0.5, 0.6) is 5.75 Å². The number of nitrogens with one attached hydrogen (secondary N) is 1. The number of nitrogens with zero attached hydrogens (tertiary/aromatic N) is 1. The molecule has 1 atom stereocenters. The van der Waals surface area contributed by atoms with Gasteiger partial charge in [-0.2, -0.15) is 0 Å². The zero-order valence-electron chi connectivity index (χ0n) is 13.3. The van der Waals surface area contributed by atoms with E-state index in [9.17, 15) is 8.78 Å². The summed E-state index contributed by atoms with van der Waals surface area (Å²) in [7, 11) is 1.62. The van der Waals surface area contributed by atoms with Gasteiger partial charge in [-0.1, -0.05) is 11.2 Å². The lowest BCUT2D eigenvalue weighted by atomic mass is 10.0. The van der Waals surface area contributed by atoms with Crippen molar-refractivity contribution in [3.05, 3.63) is 65.2 Å². The molecular formula is C18H18F2N2O2. The molecule has 2 aromatic rings. The van der Waals surface area contributed by atoms with Crippen LogP contribution in [0.4, 0.5) is 8.78 Å². The minimum atomic E-state index is -0.576. The first-order chi connectivity index (χ1) is 11.7. The fourth-order valence-electron chi connectivity index (χ4n) is 2.52. The van der Waals surface area contributed by atoms with Gasteiger partial charge < -0.3 is 14.9 Å². The molecule has 0 bridgehead atoms. The number of benzene rings is 2. The molecule has 1 heterocycles. The maximum atomic E-state index is 13.6. The van der Waals surface area contributed by atoms with Crippen LogP contribution in [0.3, 0.4) is 0 Å². The lowest BCUT2D eigenvalue weighted by Crippen LogP contribution is -2.27. The Bertz CT molecular complexity index is 732. The van der Waals surface area contributed by atoms with Crippen LogP contribution in [-0.4, -0.2) is 25.5 Å². The summed E-state index contributed by atoms with van der Waals surface area (Å²) in [6, 6.07) is 11.2. The lowest BCUT2D eigenvalue weighted by Gasteiger charge is -2.10. The standard InChI is InChI=1S/C18H18F2N2O2/c1-23-15-6-3-12(4-7-15)18-9-16(24-22-18)11-21-10-13-2-5-14(19)8-17(13)20/h2-8,16,21H,9-11H2,1H3. The lowest BCUT2D eigenvalue weighted by molar-refractivity contribution is 0.0848. The second kappa shape index (κ2) is 7.40. The number of halogens is 2. The van der Waals surface area contributed by atoms with E-state index in [2.05, 4.69) is 10.5 Å². The smallest absolute Gasteiger partial charge is 0.145 e. The number of rotatable bonds is 6. The fraction of sp³-hybridized carbons (Fsp3) is 0.278. The number of ether oxygens (including phenoxy) is 1. The zero-order valence-corrected chi connectivity index (χ0v) is 13.3. The van der Waals surface area contributed by atoms with Crippen molar-refractivity contribution in [2.24, 2.45) is 5.16 Å². The zero-order chi connectivity index (χ0) is 16.9. The van der Waals surface area contributed by atoms with Crippen molar-refractivity contribution in [3.63, 3.8) is 0 Å². The van der Waals surface area contributed by atoms with Gasteiger partial charge in [0.1, 0.15) is 23.5 Å². The largest absolute Gasteiger partial charge is 0.497 e. The Kier molecular flexibility index (Phi) is 5.05. The van der Waals surface area contributed by atoms with Crippen LogP contribution in [-0.2, 0) is 11.4 Å². The summed E-state index contributed by atoms with van der Waals surface area (Å²) in [4.78, 5) is 5.40. The Hall–Kier alpha value is -2.47. The molecule has 6 heteroatoms. The quantitative estimate of drug-likeness (QED) is 0.883. The molecule has 0 radical (unpaired) electrons. The van der Waals surface area contributed by atoms with Crippen molar-refractivity contribution in [3.8, 4) is 5.75 Å². The van der Waals surface area contributed by atoms with Gasteiger partial charge >= 0.3 is 0 Å². The van der Waals surface area contributed by atoms with Crippen molar-refractivity contribution in [1.29, 1.82) is 0 Å².